The van der Waals surface area contributed by atoms with E-state index in [2.05, 4.69) is 4.98 Å². The number of nitrogens with one attached hydrogen (secondary N) is 1. The largest absolute Gasteiger partial charge is 0.507 e. The van der Waals surface area contributed by atoms with Gasteiger partial charge in [0.05, 0.1) is 40.4 Å². The molecule has 0 aliphatic rings. The molecule has 200 valence electrons. The van der Waals surface area contributed by atoms with E-state index in [1.165, 1.54) is 28.4 Å². The fourth-order valence-corrected chi connectivity index (χ4v) is 4.96. The van der Waals surface area contributed by atoms with Crippen LogP contribution < -0.4 is 19.8 Å². The molecule has 0 radical (unpaired) electrons. The van der Waals surface area contributed by atoms with Gasteiger partial charge in [0.2, 0.25) is 5.75 Å². The molecule has 2 aromatic heterocycles. The number of para-hydroxylation sites is 1. The topological polar surface area (TPSA) is 112 Å². The summed E-state index contributed by atoms with van der Waals surface area (Å²) >= 11 is 0. The van der Waals surface area contributed by atoms with Gasteiger partial charge in [0.25, 0.3) is 5.56 Å². The number of aromatic hydroxyl groups is 1. The molecule has 0 saturated heterocycles. The summed E-state index contributed by atoms with van der Waals surface area (Å²) in [7, 11) is 5.71. The summed E-state index contributed by atoms with van der Waals surface area (Å²) in [6, 6.07) is 12.9. The number of methoxy groups -OCH3 is 4. The predicted molar refractivity (Wildman–Crippen MR) is 144 cm³/mol. The van der Waals surface area contributed by atoms with Gasteiger partial charge >= 0.3 is 5.97 Å². The molecule has 0 fully saturated rings. The summed E-state index contributed by atoms with van der Waals surface area (Å²) in [4.78, 5) is 29.7. The molecule has 2 aromatic carbocycles. The molecule has 4 rings (SSSR count). The third kappa shape index (κ3) is 4.91. The highest BCUT2D eigenvalue weighted by Gasteiger charge is 2.31. The third-order valence-electron chi connectivity index (χ3n) is 6.86. The summed E-state index contributed by atoms with van der Waals surface area (Å²) in [5.41, 5.74) is 2.87. The number of hydrogen-bond acceptors (Lipinski definition) is 7. The summed E-state index contributed by atoms with van der Waals surface area (Å²) in [6.45, 7) is 2.15. The van der Waals surface area contributed by atoms with Gasteiger partial charge in [0.15, 0.2) is 11.5 Å². The van der Waals surface area contributed by atoms with Gasteiger partial charge in [-0.3, -0.25) is 9.59 Å². The Labute approximate surface area is 220 Å². The lowest BCUT2D eigenvalue weighted by molar-refractivity contribution is -0.140. The summed E-state index contributed by atoms with van der Waals surface area (Å²) in [5, 5.41) is 12.1. The lowest BCUT2D eigenvalue weighted by atomic mass is 9.87. The minimum atomic E-state index is -0.871. The molecule has 9 nitrogen and oxygen atoms in total. The number of H-pyrrole nitrogens is 1. The van der Waals surface area contributed by atoms with Crippen molar-refractivity contribution in [2.75, 3.05) is 28.4 Å². The highest BCUT2D eigenvalue weighted by atomic mass is 16.5. The van der Waals surface area contributed by atoms with Crippen LogP contribution in [0.2, 0.25) is 0 Å². The molecule has 2 N–H and O–H groups in total. The predicted octanol–water partition coefficient (Wildman–Crippen LogP) is 4.31. The lowest BCUT2D eigenvalue weighted by Crippen LogP contribution is -2.29. The number of benzene rings is 2. The first-order valence-corrected chi connectivity index (χ1v) is 12.2. The van der Waals surface area contributed by atoms with E-state index in [-0.39, 0.29) is 17.7 Å². The molecule has 0 aliphatic carbocycles. The van der Waals surface area contributed by atoms with Gasteiger partial charge in [-0.15, -0.1) is 0 Å². The van der Waals surface area contributed by atoms with Crippen LogP contribution in [-0.2, 0) is 22.5 Å². The van der Waals surface area contributed by atoms with E-state index in [1.54, 1.807) is 29.7 Å². The van der Waals surface area contributed by atoms with Crippen molar-refractivity contribution in [3.63, 3.8) is 0 Å². The zero-order chi connectivity index (χ0) is 27.4. The van der Waals surface area contributed by atoms with Crippen LogP contribution in [0.1, 0.15) is 34.7 Å². The molecular weight excluding hydrogens is 488 g/mol. The number of ether oxygens (including phenoxy) is 4. The standard InChI is InChI=1S/C29H32N2O7/c1-17-14-23(32)26(29(34)31(17)13-12-18-16-30-22-9-7-6-8-19(18)22)21(15-25(33)36-3)20-10-11-24(35-2)28(38-5)27(20)37-4/h6-11,14,16,21,30,32H,12-13,15H2,1-5H3/t21-/m1/s1. The lowest BCUT2D eigenvalue weighted by Gasteiger charge is -2.23. The van der Waals surface area contributed by atoms with Crippen LogP contribution in [0.15, 0.2) is 53.5 Å². The first kappa shape index (κ1) is 26.7. The quantitative estimate of drug-likeness (QED) is 0.300. The van der Waals surface area contributed by atoms with Crippen molar-refractivity contribution in [1.82, 2.24) is 9.55 Å². The van der Waals surface area contributed by atoms with Crippen LogP contribution in [0.25, 0.3) is 10.9 Å². The first-order valence-electron chi connectivity index (χ1n) is 12.2. The number of hydrogen-bond donors (Lipinski definition) is 2. The zero-order valence-electron chi connectivity index (χ0n) is 22.2. The van der Waals surface area contributed by atoms with Gasteiger partial charge in [-0.1, -0.05) is 24.3 Å². The fraction of sp³-hybridized carbons (Fsp3) is 0.310. The van der Waals surface area contributed by atoms with Crippen LogP contribution in [0.5, 0.6) is 23.0 Å². The van der Waals surface area contributed by atoms with E-state index >= 15 is 0 Å². The summed E-state index contributed by atoms with van der Waals surface area (Å²) < 4.78 is 23.1. The number of aryl methyl sites for hydroxylation is 2. The molecule has 0 amide bonds. The van der Waals surface area contributed by atoms with Crippen molar-refractivity contribution in [3.8, 4) is 23.0 Å². The Balaban J connectivity index is 1.83. The first-order chi connectivity index (χ1) is 18.3. The molecule has 0 bridgehead atoms. The van der Waals surface area contributed by atoms with Crippen molar-refractivity contribution < 1.29 is 28.8 Å². The zero-order valence-corrected chi connectivity index (χ0v) is 22.2. The third-order valence-corrected chi connectivity index (χ3v) is 6.86. The van der Waals surface area contributed by atoms with E-state index < -0.39 is 17.4 Å². The SMILES string of the molecule is COC(=O)C[C@H](c1ccc(OC)c(OC)c1OC)c1c(O)cc(C)n(CCc2c[nH]c3ccccc23)c1=O. The Bertz CT molecular complexity index is 1520. The van der Waals surface area contributed by atoms with E-state index in [0.29, 0.717) is 41.5 Å². The number of aromatic nitrogens is 2. The second kappa shape index (κ2) is 11.3. The molecule has 0 unspecified atom stereocenters. The smallest absolute Gasteiger partial charge is 0.306 e. The number of carbonyl (C=O) groups is 1. The number of esters is 1. The second-order valence-corrected chi connectivity index (χ2v) is 8.91. The minimum Gasteiger partial charge on any atom is -0.507 e. The van der Waals surface area contributed by atoms with Crippen molar-refractivity contribution in [3.05, 3.63) is 81.4 Å². The average Bonchev–Trinajstić information content (AvgIpc) is 3.34. The number of aromatic amines is 1. The van der Waals surface area contributed by atoms with Gasteiger partial charge in [-0.2, -0.15) is 0 Å². The van der Waals surface area contributed by atoms with E-state index in [4.69, 9.17) is 18.9 Å². The Morgan fingerprint density at radius 1 is 1.03 bits per heavy atom. The van der Waals surface area contributed by atoms with Crippen LogP contribution >= 0.6 is 0 Å². The van der Waals surface area contributed by atoms with Gasteiger partial charge < -0.3 is 33.6 Å². The minimum absolute atomic E-state index is 0.0745. The van der Waals surface area contributed by atoms with Crippen molar-refractivity contribution in [1.29, 1.82) is 0 Å². The number of fused-ring (bicyclic) bond motifs is 1. The summed E-state index contributed by atoms with van der Waals surface area (Å²) in [5.74, 6) is -0.587. The molecular formula is C29H32N2O7. The maximum atomic E-state index is 13.9. The van der Waals surface area contributed by atoms with Gasteiger partial charge in [0.1, 0.15) is 5.75 Å². The van der Waals surface area contributed by atoms with Crippen LogP contribution in [0.3, 0.4) is 0 Å². The Morgan fingerprint density at radius 3 is 2.45 bits per heavy atom. The molecule has 4 aromatic rings. The summed E-state index contributed by atoms with van der Waals surface area (Å²) in [6.07, 6.45) is 2.34. The van der Waals surface area contributed by atoms with Gasteiger partial charge in [-0.05, 0) is 37.1 Å². The van der Waals surface area contributed by atoms with E-state index in [0.717, 1.165) is 16.5 Å². The highest BCUT2D eigenvalue weighted by molar-refractivity contribution is 5.83. The van der Waals surface area contributed by atoms with E-state index in [9.17, 15) is 14.7 Å². The molecule has 2 heterocycles. The number of nitrogens with zero attached hydrogens (tertiary/aromatic N) is 1. The Morgan fingerprint density at radius 2 is 1.76 bits per heavy atom. The number of carbonyl (C=O) groups excluding carboxylic acids is 1. The molecule has 0 spiro atoms. The molecule has 1 atom stereocenters. The molecule has 0 aliphatic heterocycles. The van der Waals surface area contributed by atoms with Crippen LogP contribution in [0.4, 0.5) is 0 Å². The van der Waals surface area contributed by atoms with Crippen molar-refractivity contribution >= 4 is 16.9 Å². The Hall–Kier alpha value is -4.40. The van der Waals surface area contributed by atoms with Crippen molar-refractivity contribution in [2.24, 2.45) is 0 Å². The van der Waals surface area contributed by atoms with E-state index in [1.807, 2.05) is 30.5 Å². The highest BCUT2D eigenvalue weighted by Crippen LogP contribution is 2.46. The molecule has 9 heteroatoms. The van der Waals surface area contributed by atoms with Gasteiger partial charge in [-0.25, -0.2) is 0 Å². The number of rotatable bonds is 10. The fourth-order valence-electron chi connectivity index (χ4n) is 4.96. The van der Waals surface area contributed by atoms with Crippen molar-refractivity contribution in [2.45, 2.75) is 32.2 Å². The average molecular weight is 521 g/mol. The number of pyridine rings is 1. The van der Waals surface area contributed by atoms with Crippen LogP contribution in [0, 0.1) is 6.92 Å². The Kier molecular flexibility index (Phi) is 7.95. The van der Waals surface area contributed by atoms with Crippen LogP contribution in [-0.4, -0.2) is 49.1 Å². The second-order valence-electron chi connectivity index (χ2n) is 8.91. The van der Waals surface area contributed by atoms with Gasteiger partial charge in [0, 0.05) is 40.8 Å². The molecule has 38 heavy (non-hydrogen) atoms. The maximum Gasteiger partial charge on any atom is 0.306 e. The normalized spacial score (nSPS) is 11.8. The monoisotopic (exact) mass is 520 g/mol. The molecule has 0 saturated carbocycles. The maximum absolute atomic E-state index is 13.9.